The van der Waals surface area contributed by atoms with E-state index in [0.717, 1.165) is 48.8 Å². The summed E-state index contributed by atoms with van der Waals surface area (Å²) < 4.78 is 25.8. The van der Waals surface area contributed by atoms with Crippen LogP contribution in [0.25, 0.3) is 6.08 Å². The van der Waals surface area contributed by atoms with Gasteiger partial charge in [-0.1, -0.05) is 65.3 Å². The molecule has 8 heteroatoms. The lowest BCUT2D eigenvalue weighted by molar-refractivity contribution is -0.192. The molecule has 0 amide bonds. The van der Waals surface area contributed by atoms with Crippen LogP contribution in [0.4, 0.5) is 0 Å². The Morgan fingerprint density at radius 2 is 1.81 bits per heavy atom. The highest BCUT2D eigenvalue weighted by molar-refractivity contribution is 7.10. The fourth-order valence-electron chi connectivity index (χ4n) is 6.10. The van der Waals surface area contributed by atoms with E-state index in [9.17, 15) is 9.59 Å². The number of hydrogen-bond acceptors (Lipinski definition) is 7. The summed E-state index contributed by atoms with van der Waals surface area (Å²) in [4.78, 5) is 29.8. The minimum Gasteiger partial charge on any atom is -0.457 e. The van der Waals surface area contributed by atoms with Gasteiger partial charge in [-0.3, -0.25) is 9.59 Å². The highest BCUT2D eigenvalue weighted by atomic mass is 32.1. The third-order valence-electron chi connectivity index (χ3n) is 10.4. The monoisotopic (exact) mass is 686 g/mol. The standard InChI is InChI=1S/C39H62O6SSi/c1-26-16-15-17-27(2)36(44-35-18-13-14-21-42-35)30(5)37(41)39(9,10)33(45-47(11,12)38(6,7)8)24-34(40)43-32(20-19-26)28(3)22-31-23-29(4)46-25-31/h17,19,22-23,25,30,32-33,35-36H,13-16,18,20-21,24H2,1-12H3/b26-19-,27-17+,28-22+/t30-,32+,33+,35?,36+/m1/s1. The van der Waals surface area contributed by atoms with Crippen molar-refractivity contribution < 1.29 is 28.2 Å². The third kappa shape index (κ3) is 11.1. The summed E-state index contributed by atoms with van der Waals surface area (Å²) in [5.41, 5.74) is 3.40. The Labute approximate surface area is 290 Å². The van der Waals surface area contributed by atoms with Gasteiger partial charge in [0.15, 0.2) is 14.6 Å². The molecule has 0 aromatic carbocycles. The van der Waals surface area contributed by atoms with E-state index >= 15 is 0 Å². The minimum atomic E-state index is -2.39. The van der Waals surface area contributed by atoms with E-state index in [1.165, 1.54) is 10.5 Å². The number of esters is 1. The predicted molar refractivity (Wildman–Crippen MR) is 197 cm³/mol. The maximum atomic E-state index is 14.7. The lowest BCUT2D eigenvalue weighted by atomic mass is 9.74. The smallest absolute Gasteiger partial charge is 0.309 e. The van der Waals surface area contributed by atoms with E-state index in [2.05, 4.69) is 84.3 Å². The van der Waals surface area contributed by atoms with Crippen LogP contribution >= 0.6 is 11.3 Å². The first-order chi connectivity index (χ1) is 21.8. The van der Waals surface area contributed by atoms with Gasteiger partial charge in [0, 0.05) is 29.2 Å². The van der Waals surface area contributed by atoms with Crippen LogP contribution in [0.1, 0.15) is 118 Å². The quantitative estimate of drug-likeness (QED) is 0.169. The molecule has 5 atom stereocenters. The Morgan fingerprint density at radius 1 is 1.11 bits per heavy atom. The van der Waals surface area contributed by atoms with Crippen LogP contribution in [0.2, 0.25) is 18.1 Å². The fraction of sp³-hybridized carbons (Fsp3) is 0.692. The molecule has 47 heavy (non-hydrogen) atoms. The second kappa shape index (κ2) is 16.7. The Hall–Kier alpha value is -1.84. The SMILES string of the molecule is C/C1=C/C[C@@H](/C(C)=C/c2csc(C)c2)OC(=O)C[C@H](O[Si](C)(C)C(C)(C)C)C(C)(C)C(=O)[C@H](C)[C@@H](OC2CCCCO2)/C(C)=C/CC1. The Bertz CT molecular complexity index is 1310. The van der Waals surface area contributed by atoms with Crippen molar-refractivity contribution in [3.8, 4) is 0 Å². The van der Waals surface area contributed by atoms with Crippen LogP contribution in [0.15, 0.2) is 40.3 Å². The molecule has 1 fully saturated rings. The van der Waals surface area contributed by atoms with Crippen molar-refractivity contribution in [1.29, 1.82) is 0 Å². The lowest BCUT2D eigenvalue weighted by Crippen LogP contribution is -2.53. The summed E-state index contributed by atoms with van der Waals surface area (Å²) in [7, 11) is -2.39. The normalized spacial score (nSPS) is 30.2. The van der Waals surface area contributed by atoms with Crippen molar-refractivity contribution in [2.75, 3.05) is 6.61 Å². The summed E-state index contributed by atoms with van der Waals surface area (Å²) >= 11 is 1.71. The molecule has 2 aliphatic rings. The Balaban J connectivity index is 2.06. The van der Waals surface area contributed by atoms with E-state index in [0.29, 0.717) is 13.0 Å². The number of allylic oxidation sites excluding steroid dienone is 2. The zero-order chi connectivity index (χ0) is 35.2. The molecule has 1 saturated heterocycles. The van der Waals surface area contributed by atoms with Crippen LogP contribution in [-0.2, 0) is 28.2 Å². The first-order valence-corrected chi connectivity index (χ1v) is 21.3. The van der Waals surface area contributed by atoms with Crippen LogP contribution in [0.5, 0.6) is 0 Å². The van der Waals surface area contributed by atoms with Gasteiger partial charge in [-0.05, 0) is 106 Å². The molecule has 0 radical (unpaired) electrons. The molecule has 3 heterocycles. The molecule has 1 aromatic rings. The number of ketones is 1. The molecule has 264 valence electrons. The van der Waals surface area contributed by atoms with Crippen LogP contribution < -0.4 is 0 Å². The Morgan fingerprint density at radius 3 is 2.40 bits per heavy atom. The van der Waals surface area contributed by atoms with Crippen molar-refractivity contribution in [2.24, 2.45) is 11.3 Å². The fourth-order valence-corrected chi connectivity index (χ4v) is 8.20. The number of carbonyl (C=O) groups excluding carboxylic acids is 2. The summed E-state index contributed by atoms with van der Waals surface area (Å²) in [6.45, 7) is 25.7. The number of aryl methyl sites for hydroxylation is 1. The number of ether oxygens (including phenoxy) is 3. The topological polar surface area (TPSA) is 71.1 Å². The number of cyclic esters (lactones) is 1. The minimum absolute atomic E-state index is 0.00587. The molecule has 1 aromatic heterocycles. The molecule has 1 unspecified atom stereocenters. The van der Waals surface area contributed by atoms with E-state index in [4.69, 9.17) is 18.6 Å². The zero-order valence-corrected chi connectivity index (χ0v) is 33.1. The Kier molecular flexibility index (Phi) is 14.1. The van der Waals surface area contributed by atoms with Crippen LogP contribution in [0, 0.1) is 18.3 Å². The van der Waals surface area contributed by atoms with Crippen molar-refractivity contribution >= 4 is 37.5 Å². The van der Waals surface area contributed by atoms with Crippen molar-refractivity contribution in [3.05, 3.63) is 50.8 Å². The molecule has 2 aliphatic heterocycles. The lowest BCUT2D eigenvalue weighted by Gasteiger charge is -2.44. The van der Waals surface area contributed by atoms with E-state index < -0.39 is 38.0 Å². The van der Waals surface area contributed by atoms with Crippen molar-refractivity contribution in [3.63, 3.8) is 0 Å². The summed E-state index contributed by atoms with van der Waals surface area (Å²) in [6, 6.07) is 2.15. The van der Waals surface area contributed by atoms with E-state index in [-0.39, 0.29) is 29.5 Å². The van der Waals surface area contributed by atoms with Gasteiger partial charge in [0.25, 0.3) is 0 Å². The molecule has 0 aliphatic carbocycles. The predicted octanol–water partition coefficient (Wildman–Crippen LogP) is 10.4. The second-order valence-electron chi connectivity index (χ2n) is 15.9. The second-order valence-corrected chi connectivity index (χ2v) is 21.8. The number of carbonyl (C=O) groups is 2. The number of thiophene rings is 1. The number of Topliss-reactive ketones (excluding diaryl/α,β-unsaturated/α-hetero) is 1. The van der Waals surface area contributed by atoms with Gasteiger partial charge in [0.1, 0.15) is 11.9 Å². The van der Waals surface area contributed by atoms with E-state index in [1.54, 1.807) is 11.3 Å². The molecule has 3 rings (SSSR count). The molecule has 0 saturated carbocycles. The maximum Gasteiger partial charge on any atom is 0.309 e. The average Bonchev–Trinajstić information content (AvgIpc) is 3.40. The third-order valence-corrected chi connectivity index (χ3v) is 15.8. The summed E-state index contributed by atoms with van der Waals surface area (Å²) in [5, 5.41) is 2.02. The highest BCUT2D eigenvalue weighted by Crippen LogP contribution is 2.42. The average molecular weight is 687 g/mol. The number of rotatable bonds is 6. The molecule has 0 bridgehead atoms. The van der Waals surface area contributed by atoms with E-state index in [1.807, 2.05) is 27.7 Å². The maximum absolute atomic E-state index is 14.7. The van der Waals surface area contributed by atoms with Crippen LogP contribution in [0.3, 0.4) is 0 Å². The summed E-state index contributed by atoms with van der Waals surface area (Å²) in [6.07, 6.45) is 9.88. The molecule has 0 spiro atoms. The van der Waals surface area contributed by atoms with Gasteiger partial charge in [-0.25, -0.2) is 0 Å². The molecule has 0 N–H and O–H groups in total. The largest absolute Gasteiger partial charge is 0.457 e. The zero-order valence-electron chi connectivity index (χ0n) is 31.3. The van der Waals surface area contributed by atoms with Crippen molar-refractivity contribution in [2.45, 2.75) is 157 Å². The highest BCUT2D eigenvalue weighted by Gasteiger charge is 2.48. The molecular formula is C39H62O6SSi. The van der Waals surface area contributed by atoms with Crippen LogP contribution in [-0.4, -0.2) is 51.3 Å². The van der Waals surface area contributed by atoms with Gasteiger partial charge in [0.2, 0.25) is 0 Å². The van der Waals surface area contributed by atoms with Gasteiger partial charge >= 0.3 is 5.97 Å². The van der Waals surface area contributed by atoms with Gasteiger partial charge in [-0.2, -0.15) is 0 Å². The molecular weight excluding hydrogens is 625 g/mol. The molecule has 6 nitrogen and oxygen atoms in total. The number of hydrogen-bond donors (Lipinski definition) is 0. The van der Waals surface area contributed by atoms with Crippen molar-refractivity contribution in [1.82, 2.24) is 0 Å². The first-order valence-electron chi connectivity index (χ1n) is 17.6. The summed E-state index contributed by atoms with van der Waals surface area (Å²) in [5.74, 6) is -0.796. The van der Waals surface area contributed by atoms with Gasteiger partial charge < -0.3 is 18.6 Å². The van der Waals surface area contributed by atoms with Gasteiger partial charge in [0.05, 0.1) is 18.6 Å². The first kappa shape index (κ1) is 39.6. The van der Waals surface area contributed by atoms with Gasteiger partial charge in [-0.15, -0.1) is 11.3 Å².